The maximum absolute atomic E-state index is 10.7. The van der Waals surface area contributed by atoms with E-state index in [2.05, 4.69) is 15.5 Å². The number of nitrogens with zero attached hydrogens (tertiary/aromatic N) is 4. The van der Waals surface area contributed by atoms with E-state index in [9.17, 15) is 8.76 Å². The lowest BCUT2D eigenvalue weighted by molar-refractivity contribution is 0.537. The predicted octanol–water partition coefficient (Wildman–Crippen LogP) is 0.209. The molecule has 0 saturated carbocycles. The smallest absolute Gasteiger partial charge is 0.143 e. The molecule has 7 heteroatoms. The SMILES string of the molecule is Cc1cc(S(=O)[O-])ccc1-n1cnnn1. The van der Waals surface area contributed by atoms with Crippen molar-refractivity contribution < 1.29 is 8.76 Å². The first kappa shape index (κ1) is 9.94. The summed E-state index contributed by atoms with van der Waals surface area (Å²) in [5, 5.41) is 10.7. The summed E-state index contributed by atoms with van der Waals surface area (Å²) in [4.78, 5) is 0.254. The average Bonchev–Trinajstić information content (AvgIpc) is 2.70. The maximum Gasteiger partial charge on any atom is 0.143 e. The van der Waals surface area contributed by atoms with E-state index in [0.29, 0.717) is 0 Å². The molecule has 78 valence electrons. The lowest BCUT2D eigenvalue weighted by Crippen LogP contribution is -1.99. The number of hydrogen-bond donors (Lipinski definition) is 0. The second-order valence-corrected chi connectivity index (χ2v) is 3.88. The molecule has 0 aliphatic carbocycles. The molecule has 1 aromatic carbocycles. The van der Waals surface area contributed by atoms with Gasteiger partial charge in [0.2, 0.25) is 0 Å². The molecule has 1 atom stereocenters. The molecular formula is C8H7N4O2S-. The van der Waals surface area contributed by atoms with Gasteiger partial charge in [0.25, 0.3) is 0 Å². The van der Waals surface area contributed by atoms with Crippen LogP contribution in [0.1, 0.15) is 5.56 Å². The summed E-state index contributed by atoms with van der Waals surface area (Å²) in [6, 6.07) is 4.74. The van der Waals surface area contributed by atoms with Crippen molar-refractivity contribution in [2.75, 3.05) is 0 Å². The Morgan fingerprint density at radius 2 is 2.27 bits per heavy atom. The Bertz CT molecular complexity index is 497. The van der Waals surface area contributed by atoms with Gasteiger partial charge in [0.1, 0.15) is 6.33 Å². The van der Waals surface area contributed by atoms with E-state index in [1.807, 2.05) is 0 Å². The summed E-state index contributed by atoms with van der Waals surface area (Å²) in [7, 11) is 0. The van der Waals surface area contributed by atoms with Crippen LogP contribution < -0.4 is 0 Å². The average molecular weight is 223 g/mol. The molecular weight excluding hydrogens is 216 g/mol. The first-order chi connectivity index (χ1) is 7.18. The zero-order valence-electron chi connectivity index (χ0n) is 7.82. The molecule has 2 aromatic rings. The van der Waals surface area contributed by atoms with Gasteiger partial charge in [-0.1, -0.05) is 0 Å². The Balaban J connectivity index is 2.48. The van der Waals surface area contributed by atoms with Gasteiger partial charge in [-0.05, 0) is 52.2 Å². The first-order valence-corrected chi connectivity index (χ1v) is 5.19. The minimum atomic E-state index is -2.21. The highest BCUT2D eigenvalue weighted by atomic mass is 32.2. The Morgan fingerprint density at radius 3 is 2.80 bits per heavy atom. The third-order valence-electron chi connectivity index (χ3n) is 1.96. The Hall–Kier alpha value is -1.60. The van der Waals surface area contributed by atoms with E-state index in [4.69, 9.17) is 0 Å². The monoisotopic (exact) mass is 223 g/mol. The van der Waals surface area contributed by atoms with E-state index >= 15 is 0 Å². The quantitative estimate of drug-likeness (QED) is 0.679. The van der Waals surface area contributed by atoms with Crippen LogP contribution in [0.25, 0.3) is 5.69 Å². The number of aryl methyl sites for hydroxylation is 1. The largest absolute Gasteiger partial charge is 0.768 e. The molecule has 1 unspecified atom stereocenters. The lowest BCUT2D eigenvalue weighted by atomic mass is 10.2. The highest BCUT2D eigenvalue weighted by molar-refractivity contribution is 7.79. The standard InChI is InChI=1S/C8H8N4O2S/c1-6-4-7(15(13)14)2-3-8(6)12-5-9-10-11-12/h2-5H,1H3,(H,13,14)/p-1. The number of benzene rings is 1. The first-order valence-electron chi connectivity index (χ1n) is 4.12. The summed E-state index contributed by atoms with van der Waals surface area (Å²) in [6.07, 6.45) is 1.45. The zero-order valence-corrected chi connectivity index (χ0v) is 8.64. The van der Waals surface area contributed by atoms with Crippen LogP contribution in [0.2, 0.25) is 0 Å². The molecule has 0 radical (unpaired) electrons. The normalized spacial score (nSPS) is 12.7. The Labute approximate surface area is 88.2 Å². The zero-order chi connectivity index (χ0) is 10.8. The maximum atomic E-state index is 10.7. The van der Waals surface area contributed by atoms with Crippen molar-refractivity contribution in [2.45, 2.75) is 11.8 Å². The molecule has 0 saturated heterocycles. The third-order valence-corrected chi connectivity index (χ3v) is 2.60. The van der Waals surface area contributed by atoms with E-state index < -0.39 is 11.1 Å². The summed E-state index contributed by atoms with van der Waals surface area (Å²) >= 11 is -2.21. The van der Waals surface area contributed by atoms with Crippen LogP contribution in [0.3, 0.4) is 0 Å². The van der Waals surface area contributed by atoms with Gasteiger partial charge in [-0.25, -0.2) is 4.68 Å². The van der Waals surface area contributed by atoms with Crippen LogP contribution in [0.4, 0.5) is 0 Å². The molecule has 0 aliphatic heterocycles. The number of aromatic nitrogens is 4. The third kappa shape index (κ3) is 1.92. The van der Waals surface area contributed by atoms with Gasteiger partial charge < -0.3 is 4.55 Å². The van der Waals surface area contributed by atoms with Crippen LogP contribution >= 0.6 is 0 Å². The molecule has 1 heterocycles. The fraction of sp³-hybridized carbons (Fsp3) is 0.125. The molecule has 15 heavy (non-hydrogen) atoms. The Morgan fingerprint density at radius 1 is 1.47 bits per heavy atom. The van der Waals surface area contributed by atoms with Crippen molar-refractivity contribution in [1.82, 2.24) is 20.2 Å². The highest BCUT2D eigenvalue weighted by Gasteiger charge is 2.03. The van der Waals surface area contributed by atoms with Crippen LogP contribution in [-0.2, 0) is 11.1 Å². The van der Waals surface area contributed by atoms with Crippen molar-refractivity contribution in [3.63, 3.8) is 0 Å². The topological polar surface area (TPSA) is 83.7 Å². The Kier molecular flexibility index (Phi) is 2.57. The van der Waals surface area contributed by atoms with Crippen molar-refractivity contribution >= 4 is 11.1 Å². The van der Waals surface area contributed by atoms with Gasteiger partial charge in [0, 0.05) is 4.90 Å². The molecule has 0 bridgehead atoms. The van der Waals surface area contributed by atoms with Crippen LogP contribution in [0.5, 0.6) is 0 Å². The fourth-order valence-corrected chi connectivity index (χ4v) is 1.71. The molecule has 0 fully saturated rings. The van der Waals surface area contributed by atoms with Crippen molar-refractivity contribution in [3.05, 3.63) is 30.1 Å². The minimum absolute atomic E-state index is 0.254. The van der Waals surface area contributed by atoms with Crippen molar-refractivity contribution in [3.8, 4) is 5.69 Å². The molecule has 2 rings (SSSR count). The molecule has 0 N–H and O–H groups in total. The van der Waals surface area contributed by atoms with Gasteiger partial charge in [-0.3, -0.25) is 4.21 Å². The summed E-state index contributed by atoms with van der Waals surface area (Å²) in [6.45, 7) is 1.80. The molecule has 0 spiro atoms. The lowest BCUT2D eigenvalue weighted by Gasteiger charge is -2.09. The van der Waals surface area contributed by atoms with E-state index in [-0.39, 0.29) is 4.90 Å². The summed E-state index contributed by atoms with van der Waals surface area (Å²) in [5.41, 5.74) is 1.55. The number of rotatable bonds is 2. The number of hydrogen-bond acceptors (Lipinski definition) is 5. The molecule has 0 aliphatic rings. The minimum Gasteiger partial charge on any atom is -0.768 e. The van der Waals surface area contributed by atoms with Crippen LogP contribution in [-0.4, -0.2) is 29.0 Å². The van der Waals surface area contributed by atoms with E-state index in [0.717, 1.165) is 11.3 Å². The van der Waals surface area contributed by atoms with E-state index in [1.165, 1.54) is 17.1 Å². The van der Waals surface area contributed by atoms with Gasteiger partial charge in [0.05, 0.1) is 5.69 Å². The summed E-state index contributed by atoms with van der Waals surface area (Å²) in [5.74, 6) is 0. The summed E-state index contributed by atoms with van der Waals surface area (Å²) < 4.78 is 22.9. The van der Waals surface area contributed by atoms with Crippen LogP contribution in [0, 0.1) is 6.92 Å². The molecule has 1 aromatic heterocycles. The van der Waals surface area contributed by atoms with E-state index in [1.54, 1.807) is 19.1 Å². The second kappa shape index (κ2) is 3.87. The van der Waals surface area contributed by atoms with Crippen molar-refractivity contribution in [2.24, 2.45) is 0 Å². The van der Waals surface area contributed by atoms with Gasteiger partial charge in [-0.2, -0.15) is 0 Å². The van der Waals surface area contributed by atoms with Crippen LogP contribution in [0.15, 0.2) is 29.4 Å². The second-order valence-electron chi connectivity index (χ2n) is 2.94. The highest BCUT2D eigenvalue weighted by Crippen LogP contribution is 2.15. The van der Waals surface area contributed by atoms with Gasteiger partial charge in [0.15, 0.2) is 0 Å². The fourth-order valence-electron chi connectivity index (χ4n) is 1.26. The molecule has 6 nitrogen and oxygen atoms in total. The van der Waals surface area contributed by atoms with Gasteiger partial charge in [-0.15, -0.1) is 5.10 Å². The van der Waals surface area contributed by atoms with Crippen molar-refractivity contribution in [1.29, 1.82) is 0 Å². The predicted molar refractivity (Wildman–Crippen MR) is 51.1 cm³/mol. The molecule has 0 amide bonds. The number of tetrazole rings is 1. The van der Waals surface area contributed by atoms with Gasteiger partial charge >= 0.3 is 0 Å².